The number of aromatic nitrogens is 3. The maximum absolute atomic E-state index is 9.19. The van der Waals surface area contributed by atoms with Gasteiger partial charge >= 0.3 is 0 Å². The van der Waals surface area contributed by atoms with Crippen LogP contribution in [0.4, 0.5) is 11.9 Å². The number of rotatable bonds is 5. The van der Waals surface area contributed by atoms with Crippen molar-refractivity contribution in [1.29, 1.82) is 0 Å². The van der Waals surface area contributed by atoms with Crippen molar-refractivity contribution in [2.75, 3.05) is 30.9 Å². The zero-order chi connectivity index (χ0) is 12.1. The molecule has 6 nitrogen and oxygen atoms in total. The van der Waals surface area contributed by atoms with Crippen molar-refractivity contribution in [3.8, 4) is 0 Å². The van der Waals surface area contributed by atoms with E-state index in [1.165, 1.54) is 0 Å². The van der Waals surface area contributed by atoms with Crippen molar-refractivity contribution in [2.24, 2.45) is 0 Å². The number of aliphatic hydroxyl groups excluding tert-OH is 1. The van der Waals surface area contributed by atoms with Crippen molar-refractivity contribution in [2.45, 2.75) is 19.4 Å². The SMILES string of the molecule is CNc1nc(Cl)nc(N(C)CCC(C)O)n1. The first-order chi connectivity index (χ1) is 7.52. The van der Waals surface area contributed by atoms with Crippen LogP contribution in [0.1, 0.15) is 13.3 Å². The Hall–Kier alpha value is -1.14. The molecule has 0 amide bonds. The van der Waals surface area contributed by atoms with Gasteiger partial charge in [-0.05, 0) is 24.9 Å². The summed E-state index contributed by atoms with van der Waals surface area (Å²) in [6.45, 7) is 2.40. The summed E-state index contributed by atoms with van der Waals surface area (Å²) in [5.74, 6) is 0.920. The number of nitrogens with one attached hydrogen (secondary N) is 1. The van der Waals surface area contributed by atoms with Crippen LogP contribution in [0.3, 0.4) is 0 Å². The van der Waals surface area contributed by atoms with Gasteiger partial charge in [0.2, 0.25) is 17.2 Å². The van der Waals surface area contributed by atoms with Crippen LogP contribution in [0.5, 0.6) is 0 Å². The minimum atomic E-state index is -0.344. The highest BCUT2D eigenvalue weighted by Crippen LogP contribution is 2.12. The van der Waals surface area contributed by atoms with E-state index in [0.29, 0.717) is 24.9 Å². The van der Waals surface area contributed by atoms with Crippen LogP contribution in [-0.4, -0.2) is 46.8 Å². The Morgan fingerprint density at radius 3 is 2.69 bits per heavy atom. The van der Waals surface area contributed by atoms with E-state index in [1.54, 1.807) is 14.0 Å². The van der Waals surface area contributed by atoms with Crippen LogP contribution in [0.15, 0.2) is 0 Å². The number of anilines is 2. The summed E-state index contributed by atoms with van der Waals surface area (Å²) >= 11 is 5.76. The van der Waals surface area contributed by atoms with Gasteiger partial charge in [0.05, 0.1) is 6.10 Å². The van der Waals surface area contributed by atoms with Gasteiger partial charge in [0.15, 0.2) is 0 Å². The van der Waals surface area contributed by atoms with Gasteiger partial charge < -0.3 is 15.3 Å². The van der Waals surface area contributed by atoms with Gasteiger partial charge in [0.1, 0.15) is 0 Å². The molecule has 1 aromatic rings. The molecule has 0 aliphatic heterocycles. The second-order valence-electron chi connectivity index (χ2n) is 3.54. The predicted octanol–water partition coefficient (Wildman–Crippen LogP) is 0.774. The van der Waals surface area contributed by atoms with Gasteiger partial charge in [-0.15, -0.1) is 0 Å². The normalized spacial score (nSPS) is 12.3. The van der Waals surface area contributed by atoms with E-state index in [9.17, 15) is 5.11 Å². The van der Waals surface area contributed by atoms with Crippen LogP contribution in [0.2, 0.25) is 5.28 Å². The Labute approximate surface area is 99.7 Å². The first-order valence-electron chi connectivity index (χ1n) is 5.01. The highest BCUT2D eigenvalue weighted by molar-refractivity contribution is 6.28. The third-order valence-electron chi connectivity index (χ3n) is 2.04. The Bertz CT molecular complexity index is 347. The molecule has 90 valence electrons. The molecule has 0 aliphatic rings. The fraction of sp³-hybridized carbons (Fsp3) is 0.667. The van der Waals surface area contributed by atoms with Crippen LogP contribution >= 0.6 is 11.6 Å². The van der Waals surface area contributed by atoms with Crippen LogP contribution in [0.25, 0.3) is 0 Å². The zero-order valence-electron chi connectivity index (χ0n) is 9.61. The summed E-state index contributed by atoms with van der Waals surface area (Å²) in [4.78, 5) is 13.9. The average molecular weight is 246 g/mol. The van der Waals surface area contributed by atoms with Crippen molar-refractivity contribution in [1.82, 2.24) is 15.0 Å². The molecule has 16 heavy (non-hydrogen) atoms. The zero-order valence-corrected chi connectivity index (χ0v) is 10.4. The molecule has 0 radical (unpaired) electrons. The highest BCUT2D eigenvalue weighted by Gasteiger charge is 2.09. The third kappa shape index (κ3) is 3.79. The molecule has 7 heteroatoms. The van der Waals surface area contributed by atoms with E-state index in [4.69, 9.17) is 11.6 Å². The van der Waals surface area contributed by atoms with Gasteiger partial charge in [-0.2, -0.15) is 15.0 Å². The highest BCUT2D eigenvalue weighted by atomic mass is 35.5. The van der Waals surface area contributed by atoms with Crippen molar-refractivity contribution >= 4 is 23.5 Å². The second-order valence-corrected chi connectivity index (χ2v) is 3.88. The maximum atomic E-state index is 9.19. The van der Waals surface area contributed by atoms with Gasteiger partial charge in [-0.25, -0.2) is 0 Å². The van der Waals surface area contributed by atoms with Gasteiger partial charge in [0, 0.05) is 20.6 Å². The van der Waals surface area contributed by atoms with Crippen molar-refractivity contribution in [3.05, 3.63) is 5.28 Å². The van der Waals surface area contributed by atoms with Gasteiger partial charge in [-0.1, -0.05) is 0 Å². The summed E-state index contributed by atoms with van der Waals surface area (Å²) in [5.41, 5.74) is 0. The molecule has 0 bridgehead atoms. The fourth-order valence-electron chi connectivity index (χ4n) is 1.10. The van der Waals surface area contributed by atoms with Crippen LogP contribution < -0.4 is 10.2 Å². The molecule has 0 aromatic carbocycles. The summed E-state index contributed by atoms with van der Waals surface area (Å²) in [6, 6.07) is 0. The largest absolute Gasteiger partial charge is 0.393 e. The molecule has 1 rings (SSSR count). The number of aliphatic hydroxyl groups is 1. The van der Waals surface area contributed by atoms with E-state index < -0.39 is 0 Å². The quantitative estimate of drug-likeness (QED) is 0.799. The number of halogens is 1. The lowest BCUT2D eigenvalue weighted by atomic mass is 10.3. The summed E-state index contributed by atoms with van der Waals surface area (Å²) < 4.78 is 0. The number of hydrogen-bond acceptors (Lipinski definition) is 6. The molecule has 2 N–H and O–H groups in total. The van der Waals surface area contributed by atoms with Crippen LogP contribution in [-0.2, 0) is 0 Å². The standard InChI is InChI=1S/C9H16ClN5O/c1-6(16)4-5-15(3)9-13-7(10)12-8(11-2)14-9/h6,16H,4-5H2,1-3H3,(H,11,12,13,14). The Morgan fingerprint density at radius 2 is 2.12 bits per heavy atom. The monoisotopic (exact) mass is 245 g/mol. The molecular weight excluding hydrogens is 230 g/mol. The summed E-state index contributed by atoms with van der Waals surface area (Å²) in [6.07, 6.45) is 0.304. The van der Waals surface area contributed by atoms with E-state index >= 15 is 0 Å². The topological polar surface area (TPSA) is 74.2 Å². The van der Waals surface area contributed by atoms with E-state index in [2.05, 4.69) is 20.3 Å². The lowest BCUT2D eigenvalue weighted by molar-refractivity contribution is 0.186. The van der Waals surface area contributed by atoms with Crippen molar-refractivity contribution in [3.63, 3.8) is 0 Å². The van der Waals surface area contributed by atoms with E-state index in [-0.39, 0.29) is 11.4 Å². The van der Waals surface area contributed by atoms with Gasteiger partial charge in [-0.3, -0.25) is 0 Å². The predicted molar refractivity (Wildman–Crippen MR) is 64.0 cm³/mol. The molecule has 1 atom stereocenters. The molecule has 0 saturated carbocycles. The second kappa shape index (κ2) is 5.81. The first-order valence-corrected chi connectivity index (χ1v) is 5.39. The Kier molecular flexibility index (Phi) is 4.70. The summed E-state index contributed by atoms with van der Waals surface area (Å²) in [5, 5.41) is 12.1. The third-order valence-corrected chi connectivity index (χ3v) is 2.21. The Morgan fingerprint density at radius 1 is 1.44 bits per heavy atom. The molecule has 0 fully saturated rings. The lowest BCUT2D eigenvalue weighted by Crippen LogP contribution is -2.24. The molecular formula is C9H16ClN5O. The van der Waals surface area contributed by atoms with E-state index in [0.717, 1.165) is 0 Å². The minimum absolute atomic E-state index is 0.151. The van der Waals surface area contributed by atoms with Gasteiger partial charge in [0.25, 0.3) is 0 Å². The molecule has 1 aromatic heterocycles. The smallest absolute Gasteiger partial charge is 0.231 e. The number of nitrogens with zero attached hydrogens (tertiary/aromatic N) is 4. The Balaban J connectivity index is 2.74. The molecule has 0 aliphatic carbocycles. The summed E-state index contributed by atoms with van der Waals surface area (Å²) in [7, 11) is 3.55. The molecule has 0 saturated heterocycles. The fourth-order valence-corrected chi connectivity index (χ4v) is 1.26. The van der Waals surface area contributed by atoms with Crippen LogP contribution in [0, 0.1) is 0 Å². The lowest BCUT2D eigenvalue weighted by Gasteiger charge is -2.18. The number of hydrogen-bond donors (Lipinski definition) is 2. The minimum Gasteiger partial charge on any atom is -0.393 e. The first kappa shape index (κ1) is 12.9. The molecule has 0 spiro atoms. The maximum Gasteiger partial charge on any atom is 0.231 e. The average Bonchev–Trinajstić information content (AvgIpc) is 2.24. The molecule has 1 heterocycles. The van der Waals surface area contributed by atoms with E-state index in [1.807, 2.05) is 11.9 Å². The molecule has 1 unspecified atom stereocenters. The van der Waals surface area contributed by atoms with Crippen molar-refractivity contribution < 1.29 is 5.11 Å².